The molecular weight excluding hydrogens is 250 g/mol. The van der Waals surface area contributed by atoms with E-state index in [0.29, 0.717) is 6.42 Å². The van der Waals surface area contributed by atoms with Crippen LogP contribution in [0.3, 0.4) is 0 Å². The monoisotopic (exact) mass is 259 g/mol. The van der Waals surface area contributed by atoms with Crippen molar-refractivity contribution < 1.29 is 4.79 Å². The summed E-state index contributed by atoms with van der Waals surface area (Å²) in [5.41, 5.74) is 2.81. The van der Waals surface area contributed by atoms with Gasteiger partial charge < -0.3 is 0 Å². The SMILES string of the molecule is O=C(Cc1csc2ccccc12)c1cncs1. The molecule has 0 N–H and O–H groups in total. The van der Waals surface area contributed by atoms with Crippen LogP contribution >= 0.6 is 22.7 Å². The summed E-state index contributed by atoms with van der Waals surface area (Å²) in [6.07, 6.45) is 2.10. The first-order valence-corrected chi connectivity index (χ1v) is 6.97. The number of carbonyl (C=O) groups is 1. The highest BCUT2D eigenvalue weighted by Crippen LogP contribution is 2.26. The first-order valence-electron chi connectivity index (χ1n) is 5.21. The van der Waals surface area contributed by atoms with E-state index in [9.17, 15) is 4.79 Å². The Labute approximate surface area is 107 Å². The molecule has 3 rings (SSSR count). The summed E-state index contributed by atoms with van der Waals surface area (Å²) in [6.45, 7) is 0. The predicted octanol–water partition coefficient (Wildman–Crippen LogP) is 3.78. The molecule has 0 aliphatic rings. The van der Waals surface area contributed by atoms with Crippen molar-refractivity contribution in [2.75, 3.05) is 0 Å². The molecule has 2 heterocycles. The number of nitrogens with zero attached hydrogens (tertiary/aromatic N) is 1. The van der Waals surface area contributed by atoms with Crippen LogP contribution in [0.25, 0.3) is 10.1 Å². The highest BCUT2D eigenvalue weighted by atomic mass is 32.1. The van der Waals surface area contributed by atoms with E-state index in [4.69, 9.17) is 0 Å². The maximum atomic E-state index is 12.0. The average Bonchev–Trinajstić information content (AvgIpc) is 2.98. The second-order valence-corrected chi connectivity index (χ2v) is 5.52. The number of thiophene rings is 1. The first-order chi connectivity index (χ1) is 8.34. The molecule has 0 aliphatic heterocycles. The molecule has 4 heteroatoms. The van der Waals surface area contributed by atoms with Gasteiger partial charge >= 0.3 is 0 Å². The van der Waals surface area contributed by atoms with Crippen LogP contribution < -0.4 is 0 Å². The smallest absolute Gasteiger partial charge is 0.178 e. The molecule has 2 nitrogen and oxygen atoms in total. The maximum absolute atomic E-state index is 12.0. The number of carbonyl (C=O) groups excluding carboxylic acids is 1. The van der Waals surface area contributed by atoms with Crippen LogP contribution in [0.1, 0.15) is 15.2 Å². The predicted molar refractivity (Wildman–Crippen MR) is 72.0 cm³/mol. The normalized spacial score (nSPS) is 10.8. The van der Waals surface area contributed by atoms with Gasteiger partial charge in [-0.25, -0.2) is 0 Å². The van der Waals surface area contributed by atoms with Crippen LogP contribution in [-0.2, 0) is 6.42 Å². The lowest BCUT2D eigenvalue weighted by atomic mass is 10.1. The molecule has 0 saturated carbocycles. The minimum absolute atomic E-state index is 0.149. The van der Waals surface area contributed by atoms with Crippen LogP contribution in [0.2, 0.25) is 0 Å². The largest absolute Gasteiger partial charge is 0.293 e. The zero-order valence-electron chi connectivity index (χ0n) is 8.92. The topological polar surface area (TPSA) is 30.0 Å². The molecule has 0 aliphatic carbocycles. The number of thiazole rings is 1. The molecule has 0 saturated heterocycles. The highest BCUT2D eigenvalue weighted by molar-refractivity contribution is 7.17. The van der Waals surface area contributed by atoms with Gasteiger partial charge in [-0.3, -0.25) is 9.78 Å². The van der Waals surface area contributed by atoms with Gasteiger partial charge in [0.05, 0.1) is 10.4 Å². The summed E-state index contributed by atoms with van der Waals surface area (Å²) in [5.74, 6) is 0.149. The number of aromatic nitrogens is 1. The van der Waals surface area contributed by atoms with Gasteiger partial charge in [-0.15, -0.1) is 22.7 Å². The second-order valence-electron chi connectivity index (χ2n) is 3.72. The molecule has 2 aromatic heterocycles. The lowest BCUT2D eigenvalue weighted by Gasteiger charge is -1.97. The van der Waals surface area contributed by atoms with Crippen LogP contribution in [0.15, 0.2) is 41.4 Å². The van der Waals surface area contributed by atoms with Crippen molar-refractivity contribution >= 4 is 38.5 Å². The minimum Gasteiger partial charge on any atom is -0.293 e. The van der Waals surface area contributed by atoms with Gasteiger partial charge in [0.1, 0.15) is 0 Å². The van der Waals surface area contributed by atoms with Crippen molar-refractivity contribution in [1.82, 2.24) is 4.98 Å². The van der Waals surface area contributed by atoms with E-state index in [2.05, 4.69) is 22.5 Å². The molecular formula is C13H9NOS2. The van der Waals surface area contributed by atoms with Gasteiger partial charge in [0, 0.05) is 17.3 Å². The standard InChI is InChI=1S/C13H9NOS2/c15-11(13-6-14-8-17-13)5-9-7-16-12-4-2-1-3-10(9)12/h1-4,6-8H,5H2. The number of benzene rings is 1. The number of ketones is 1. The molecule has 0 fully saturated rings. The Morgan fingerprint density at radius 2 is 2.12 bits per heavy atom. The van der Waals surface area contributed by atoms with E-state index in [1.165, 1.54) is 21.4 Å². The van der Waals surface area contributed by atoms with Gasteiger partial charge in [-0.2, -0.15) is 0 Å². The number of Topliss-reactive ketones (excluding diaryl/α,β-unsaturated/α-hetero) is 1. The Kier molecular flexibility index (Phi) is 2.74. The second kappa shape index (κ2) is 4.39. The van der Waals surface area contributed by atoms with Gasteiger partial charge in [-0.05, 0) is 22.4 Å². The lowest BCUT2D eigenvalue weighted by molar-refractivity contribution is 0.0997. The molecule has 0 atom stereocenters. The Balaban J connectivity index is 1.93. The third-order valence-electron chi connectivity index (χ3n) is 2.62. The fraction of sp³-hybridized carbons (Fsp3) is 0.0769. The van der Waals surface area contributed by atoms with Crippen molar-refractivity contribution in [2.45, 2.75) is 6.42 Å². The maximum Gasteiger partial charge on any atom is 0.178 e. The molecule has 0 radical (unpaired) electrons. The molecule has 17 heavy (non-hydrogen) atoms. The summed E-state index contributed by atoms with van der Waals surface area (Å²) in [4.78, 5) is 16.7. The number of hydrogen-bond donors (Lipinski definition) is 0. The summed E-state index contributed by atoms with van der Waals surface area (Å²) in [6, 6.07) is 8.19. The Morgan fingerprint density at radius 1 is 1.24 bits per heavy atom. The molecule has 1 aromatic carbocycles. The van der Waals surface area contributed by atoms with Gasteiger partial charge in [0.25, 0.3) is 0 Å². The van der Waals surface area contributed by atoms with Crippen molar-refractivity contribution in [2.24, 2.45) is 0 Å². The summed E-state index contributed by atoms with van der Waals surface area (Å²) in [7, 11) is 0. The third-order valence-corrected chi connectivity index (χ3v) is 4.45. The number of hydrogen-bond acceptors (Lipinski definition) is 4. The Morgan fingerprint density at radius 3 is 2.94 bits per heavy atom. The number of fused-ring (bicyclic) bond motifs is 1. The van der Waals surface area contributed by atoms with E-state index < -0.39 is 0 Å². The molecule has 0 unspecified atom stereocenters. The van der Waals surface area contributed by atoms with Crippen LogP contribution in [-0.4, -0.2) is 10.8 Å². The zero-order valence-corrected chi connectivity index (χ0v) is 10.6. The molecule has 0 bridgehead atoms. The van der Waals surface area contributed by atoms with Gasteiger partial charge in [-0.1, -0.05) is 18.2 Å². The molecule has 0 amide bonds. The first kappa shape index (κ1) is 10.6. The van der Waals surface area contributed by atoms with Gasteiger partial charge in [0.15, 0.2) is 5.78 Å². The fourth-order valence-electron chi connectivity index (χ4n) is 1.78. The zero-order chi connectivity index (χ0) is 11.7. The highest BCUT2D eigenvalue weighted by Gasteiger charge is 2.11. The van der Waals surface area contributed by atoms with Crippen molar-refractivity contribution in [1.29, 1.82) is 0 Å². The third kappa shape index (κ3) is 2.01. The van der Waals surface area contributed by atoms with Crippen LogP contribution in [0.4, 0.5) is 0 Å². The van der Waals surface area contributed by atoms with Crippen molar-refractivity contribution in [3.05, 3.63) is 51.8 Å². The quantitative estimate of drug-likeness (QED) is 0.670. The lowest BCUT2D eigenvalue weighted by Crippen LogP contribution is -2.00. The summed E-state index contributed by atoms with van der Waals surface area (Å²) >= 11 is 3.09. The van der Waals surface area contributed by atoms with Gasteiger partial charge in [0.2, 0.25) is 0 Å². The summed E-state index contributed by atoms with van der Waals surface area (Å²) < 4.78 is 1.24. The van der Waals surface area contributed by atoms with E-state index in [-0.39, 0.29) is 5.78 Å². The van der Waals surface area contributed by atoms with Crippen molar-refractivity contribution in [3.63, 3.8) is 0 Å². The fourth-order valence-corrected chi connectivity index (χ4v) is 3.31. The number of rotatable bonds is 3. The Hall–Kier alpha value is -1.52. The molecule has 0 spiro atoms. The summed E-state index contributed by atoms with van der Waals surface area (Å²) in [5, 5.41) is 3.26. The van der Waals surface area contributed by atoms with Crippen LogP contribution in [0.5, 0.6) is 0 Å². The van der Waals surface area contributed by atoms with E-state index in [1.807, 2.05) is 12.1 Å². The minimum atomic E-state index is 0.149. The molecule has 3 aromatic rings. The van der Waals surface area contributed by atoms with Crippen molar-refractivity contribution in [3.8, 4) is 0 Å². The Bertz CT molecular complexity index is 655. The van der Waals surface area contributed by atoms with E-state index >= 15 is 0 Å². The molecule has 84 valence electrons. The van der Waals surface area contributed by atoms with Crippen LogP contribution in [0, 0.1) is 0 Å². The average molecular weight is 259 g/mol. The van der Waals surface area contributed by atoms with E-state index in [0.717, 1.165) is 10.4 Å². The van der Waals surface area contributed by atoms with E-state index in [1.54, 1.807) is 23.0 Å².